The van der Waals surface area contributed by atoms with Gasteiger partial charge in [0.15, 0.2) is 0 Å². The summed E-state index contributed by atoms with van der Waals surface area (Å²) in [4.78, 5) is 13.0. The summed E-state index contributed by atoms with van der Waals surface area (Å²) in [5.41, 5.74) is 2.06. The van der Waals surface area contributed by atoms with E-state index in [1.165, 1.54) is 7.05 Å². The fourth-order valence-electron chi connectivity index (χ4n) is 1.20. The monoisotopic (exact) mass is 208 g/mol. The van der Waals surface area contributed by atoms with Gasteiger partial charge in [-0.2, -0.15) is 0 Å². The molecule has 4 heteroatoms. The van der Waals surface area contributed by atoms with Crippen molar-refractivity contribution in [2.75, 3.05) is 26.0 Å². The maximum absolute atomic E-state index is 11.0. The van der Waals surface area contributed by atoms with E-state index in [2.05, 4.69) is 5.32 Å². The zero-order chi connectivity index (χ0) is 11.4. The van der Waals surface area contributed by atoms with Crippen LogP contribution in [0.1, 0.15) is 5.56 Å². The molecule has 1 amide bonds. The molecule has 1 rings (SSSR count). The maximum atomic E-state index is 11.0. The third-order valence-corrected chi connectivity index (χ3v) is 1.97. The number of ether oxygens (including phenoxy) is 1. The molecule has 1 aromatic carbocycles. The molecule has 0 aliphatic heterocycles. The Morgan fingerprint density at radius 3 is 2.53 bits per heavy atom. The Morgan fingerprint density at radius 2 is 2.00 bits per heavy atom. The number of hydrogen-bond acceptors (Lipinski definition) is 3. The fourth-order valence-corrected chi connectivity index (χ4v) is 1.20. The Hall–Kier alpha value is -1.71. The van der Waals surface area contributed by atoms with Crippen LogP contribution >= 0.6 is 0 Å². The minimum atomic E-state index is -0.453. The highest BCUT2D eigenvalue weighted by molar-refractivity contribution is 5.70. The second kappa shape index (κ2) is 4.68. The number of rotatable bonds is 2. The van der Waals surface area contributed by atoms with Crippen molar-refractivity contribution >= 4 is 11.8 Å². The van der Waals surface area contributed by atoms with Crippen molar-refractivity contribution < 1.29 is 9.53 Å². The molecule has 0 saturated heterocycles. The van der Waals surface area contributed by atoms with Crippen LogP contribution in [-0.4, -0.2) is 27.2 Å². The number of carbonyl (C=O) groups excluding carboxylic acids is 1. The maximum Gasteiger partial charge on any atom is 0.412 e. The molecule has 0 heterocycles. The summed E-state index contributed by atoms with van der Waals surface area (Å²) in [6.45, 7) is 1.96. The third kappa shape index (κ3) is 3.16. The fraction of sp³-hybridized carbons (Fsp3) is 0.364. The molecule has 0 aliphatic carbocycles. The minimum absolute atomic E-state index is 0.453. The normalized spacial score (nSPS) is 9.60. The summed E-state index contributed by atoms with van der Waals surface area (Å²) in [5.74, 6) is 0.554. The number of anilines is 1. The lowest BCUT2D eigenvalue weighted by atomic mass is 10.2. The molecule has 82 valence electrons. The molecule has 0 atom stereocenters. The van der Waals surface area contributed by atoms with Gasteiger partial charge >= 0.3 is 6.09 Å². The first-order valence-corrected chi connectivity index (χ1v) is 4.71. The van der Waals surface area contributed by atoms with Crippen LogP contribution in [0.25, 0.3) is 0 Å². The molecular formula is C11H16N2O2. The lowest BCUT2D eigenvalue weighted by Gasteiger charge is -2.14. The Morgan fingerprint density at radius 1 is 1.33 bits per heavy atom. The SMILES string of the molecule is CNC(=O)Oc1cc(C)cc(N(C)C)c1. The number of benzene rings is 1. The van der Waals surface area contributed by atoms with Gasteiger partial charge in [-0.05, 0) is 24.6 Å². The van der Waals surface area contributed by atoms with Crippen molar-refractivity contribution in [1.82, 2.24) is 5.32 Å². The predicted octanol–water partition coefficient (Wildman–Crippen LogP) is 1.78. The topological polar surface area (TPSA) is 41.6 Å². The molecule has 15 heavy (non-hydrogen) atoms. The predicted molar refractivity (Wildman–Crippen MR) is 60.6 cm³/mol. The smallest absolute Gasteiger partial charge is 0.410 e. The van der Waals surface area contributed by atoms with Crippen molar-refractivity contribution in [3.05, 3.63) is 23.8 Å². The number of hydrogen-bond donors (Lipinski definition) is 1. The lowest BCUT2D eigenvalue weighted by molar-refractivity contribution is 0.203. The summed E-state index contributed by atoms with van der Waals surface area (Å²) >= 11 is 0. The number of nitrogens with zero attached hydrogens (tertiary/aromatic N) is 1. The third-order valence-electron chi connectivity index (χ3n) is 1.97. The van der Waals surface area contributed by atoms with Crippen molar-refractivity contribution in [1.29, 1.82) is 0 Å². The van der Waals surface area contributed by atoms with E-state index in [9.17, 15) is 4.79 Å². The van der Waals surface area contributed by atoms with E-state index in [1.807, 2.05) is 44.1 Å². The van der Waals surface area contributed by atoms with Gasteiger partial charge in [0.25, 0.3) is 0 Å². The second-order valence-corrected chi connectivity index (χ2v) is 3.54. The molecule has 0 bridgehead atoms. The summed E-state index contributed by atoms with van der Waals surface area (Å²) in [5, 5.41) is 2.41. The molecule has 4 nitrogen and oxygen atoms in total. The van der Waals surface area contributed by atoms with Gasteiger partial charge in [-0.15, -0.1) is 0 Å². The number of aryl methyl sites for hydroxylation is 1. The highest BCUT2D eigenvalue weighted by Gasteiger charge is 2.04. The van der Waals surface area contributed by atoms with E-state index in [-0.39, 0.29) is 0 Å². The zero-order valence-corrected chi connectivity index (χ0v) is 9.50. The number of amides is 1. The van der Waals surface area contributed by atoms with E-state index in [0.29, 0.717) is 5.75 Å². The molecule has 0 fully saturated rings. The summed E-state index contributed by atoms with van der Waals surface area (Å²) in [7, 11) is 5.42. The zero-order valence-electron chi connectivity index (χ0n) is 9.50. The minimum Gasteiger partial charge on any atom is -0.410 e. The molecule has 0 aliphatic rings. The van der Waals surface area contributed by atoms with Gasteiger partial charge in [0, 0.05) is 32.9 Å². The van der Waals surface area contributed by atoms with Crippen molar-refractivity contribution in [3.8, 4) is 5.75 Å². The van der Waals surface area contributed by atoms with Crippen LogP contribution < -0.4 is 15.0 Å². The first kappa shape index (κ1) is 11.4. The van der Waals surface area contributed by atoms with E-state index in [0.717, 1.165) is 11.3 Å². The molecule has 1 aromatic rings. The average Bonchev–Trinajstić information content (AvgIpc) is 2.16. The summed E-state index contributed by atoms with van der Waals surface area (Å²) in [6.07, 6.45) is -0.453. The molecule has 0 unspecified atom stereocenters. The number of nitrogens with one attached hydrogen (secondary N) is 1. The van der Waals surface area contributed by atoms with Crippen LogP contribution in [0.5, 0.6) is 5.75 Å². The summed E-state index contributed by atoms with van der Waals surface area (Å²) < 4.78 is 5.06. The average molecular weight is 208 g/mol. The highest BCUT2D eigenvalue weighted by atomic mass is 16.5. The Kier molecular flexibility index (Phi) is 3.55. The van der Waals surface area contributed by atoms with Crippen LogP contribution in [0.2, 0.25) is 0 Å². The van der Waals surface area contributed by atoms with Gasteiger partial charge in [0.2, 0.25) is 0 Å². The van der Waals surface area contributed by atoms with Crippen molar-refractivity contribution in [2.45, 2.75) is 6.92 Å². The quantitative estimate of drug-likeness (QED) is 0.805. The molecule has 0 radical (unpaired) electrons. The second-order valence-electron chi connectivity index (χ2n) is 3.54. The van der Waals surface area contributed by atoms with Crippen LogP contribution in [0.3, 0.4) is 0 Å². The molecular weight excluding hydrogens is 192 g/mol. The van der Waals surface area contributed by atoms with E-state index in [1.54, 1.807) is 0 Å². The molecule has 0 saturated carbocycles. The van der Waals surface area contributed by atoms with Crippen LogP contribution in [0.15, 0.2) is 18.2 Å². The molecule has 1 N–H and O–H groups in total. The standard InChI is InChI=1S/C11H16N2O2/c1-8-5-9(13(3)4)7-10(6-8)15-11(14)12-2/h5-7H,1-4H3,(H,12,14). The Balaban J connectivity index is 2.93. The van der Waals surface area contributed by atoms with Gasteiger partial charge in [-0.25, -0.2) is 4.79 Å². The van der Waals surface area contributed by atoms with E-state index < -0.39 is 6.09 Å². The van der Waals surface area contributed by atoms with Crippen LogP contribution in [0.4, 0.5) is 10.5 Å². The largest absolute Gasteiger partial charge is 0.412 e. The highest BCUT2D eigenvalue weighted by Crippen LogP contribution is 2.22. The number of carbonyl (C=O) groups is 1. The van der Waals surface area contributed by atoms with Crippen LogP contribution in [0, 0.1) is 6.92 Å². The van der Waals surface area contributed by atoms with Gasteiger partial charge in [0.1, 0.15) is 5.75 Å². The Labute approximate surface area is 89.8 Å². The van der Waals surface area contributed by atoms with Gasteiger partial charge in [-0.3, -0.25) is 0 Å². The van der Waals surface area contributed by atoms with E-state index in [4.69, 9.17) is 4.74 Å². The first-order valence-electron chi connectivity index (χ1n) is 4.71. The van der Waals surface area contributed by atoms with E-state index >= 15 is 0 Å². The van der Waals surface area contributed by atoms with Gasteiger partial charge in [0.05, 0.1) is 0 Å². The Bertz CT molecular complexity index is 362. The first-order chi connectivity index (χ1) is 7.02. The van der Waals surface area contributed by atoms with Crippen molar-refractivity contribution in [2.24, 2.45) is 0 Å². The van der Waals surface area contributed by atoms with Crippen LogP contribution in [-0.2, 0) is 0 Å². The van der Waals surface area contributed by atoms with Gasteiger partial charge < -0.3 is 15.0 Å². The molecule has 0 aromatic heterocycles. The lowest BCUT2D eigenvalue weighted by Crippen LogP contribution is -2.22. The van der Waals surface area contributed by atoms with Gasteiger partial charge in [-0.1, -0.05) is 0 Å². The summed E-state index contributed by atoms with van der Waals surface area (Å²) in [6, 6.07) is 5.67. The molecule has 0 spiro atoms. The van der Waals surface area contributed by atoms with Crippen molar-refractivity contribution in [3.63, 3.8) is 0 Å².